The van der Waals surface area contributed by atoms with Crippen molar-refractivity contribution in [1.82, 2.24) is 10.3 Å². The van der Waals surface area contributed by atoms with E-state index in [1.165, 1.54) is 0 Å². The van der Waals surface area contributed by atoms with E-state index >= 15 is 0 Å². The number of hydrogen-bond acceptors (Lipinski definition) is 3. The zero-order chi connectivity index (χ0) is 19.9. The van der Waals surface area contributed by atoms with E-state index in [2.05, 4.69) is 20.6 Å². The summed E-state index contributed by atoms with van der Waals surface area (Å²) in [5, 5.41) is 6.73. The number of pyridine rings is 1. The maximum Gasteiger partial charge on any atom is 0.257 e. The van der Waals surface area contributed by atoms with Crippen LogP contribution in [0.2, 0.25) is 5.02 Å². The molecule has 1 amide bonds. The number of nitrogens with zero attached hydrogens (tertiary/aromatic N) is 2. The number of aromatic nitrogens is 1. The lowest BCUT2D eigenvalue weighted by Crippen LogP contribution is -2.36. The smallest absolute Gasteiger partial charge is 0.257 e. The molecule has 142 valence electrons. The molecule has 0 aliphatic heterocycles. The zero-order valence-corrected chi connectivity index (χ0v) is 16.5. The fourth-order valence-electron chi connectivity index (χ4n) is 2.63. The van der Waals surface area contributed by atoms with Gasteiger partial charge in [-0.15, -0.1) is 0 Å². The lowest BCUT2D eigenvalue weighted by molar-refractivity contribution is 0.0977. The lowest BCUT2D eigenvalue weighted by atomic mass is 10.1. The third-order valence-electron chi connectivity index (χ3n) is 4.12. The molecule has 0 unspecified atom stereocenters. The van der Waals surface area contributed by atoms with Gasteiger partial charge in [0.1, 0.15) is 0 Å². The van der Waals surface area contributed by atoms with Gasteiger partial charge in [-0.3, -0.25) is 15.1 Å². The van der Waals surface area contributed by atoms with E-state index in [0.717, 1.165) is 22.4 Å². The number of rotatable bonds is 4. The van der Waals surface area contributed by atoms with Crippen molar-refractivity contribution in [2.75, 3.05) is 5.32 Å². The van der Waals surface area contributed by atoms with Crippen LogP contribution < -0.4 is 10.6 Å². The molecule has 0 bridgehead atoms. The molecule has 0 radical (unpaired) electrons. The number of hydrogen-bond donors (Lipinski definition) is 2. The minimum absolute atomic E-state index is 0.226. The number of anilines is 1. The maximum atomic E-state index is 12.7. The first kappa shape index (κ1) is 19.6. The molecule has 3 aromatic rings. The van der Waals surface area contributed by atoms with Gasteiger partial charge in [0, 0.05) is 28.7 Å². The summed E-state index contributed by atoms with van der Waals surface area (Å²) in [4.78, 5) is 21.2. The minimum Gasteiger partial charge on any atom is -0.326 e. The number of aryl methyl sites for hydroxylation is 2. The van der Waals surface area contributed by atoms with E-state index in [9.17, 15) is 4.79 Å². The quantitative estimate of drug-likeness (QED) is 0.497. The van der Waals surface area contributed by atoms with Crippen LogP contribution in [0.5, 0.6) is 0 Å². The predicted octanol–water partition coefficient (Wildman–Crippen LogP) is 4.75. The van der Waals surface area contributed by atoms with E-state index < -0.39 is 0 Å². The second-order valence-electron chi connectivity index (χ2n) is 6.43. The highest BCUT2D eigenvalue weighted by atomic mass is 35.5. The number of benzene rings is 2. The van der Waals surface area contributed by atoms with Crippen LogP contribution in [-0.4, -0.2) is 16.9 Å². The van der Waals surface area contributed by atoms with Crippen molar-refractivity contribution in [1.29, 1.82) is 0 Å². The van der Waals surface area contributed by atoms with Crippen LogP contribution in [0, 0.1) is 13.8 Å². The summed E-state index contributed by atoms with van der Waals surface area (Å²) in [6.45, 7) is 4.30. The van der Waals surface area contributed by atoms with Crippen molar-refractivity contribution in [2.45, 2.75) is 20.4 Å². The van der Waals surface area contributed by atoms with Gasteiger partial charge in [-0.1, -0.05) is 29.3 Å². The zero-order valence-electron chi connectivity index (χ0n) is 15.7. The molecule has 1 heterocycles. The van der Waals surface area contributed by atoms with Crippen molar-refractivity contribution < 1.29 is 4.79 Å². The first-order valence-electron chi connectivity index (χ1n) is 8.86. The van der Waals surface area contributed by atoms with Gasteiger partial charge in [-0.2, -0.15) is 0 Å². The predicted molar refractivity (Wildman–Crippen MR) is 114 cm³/mol. The molecule has 1 aromatic heterocycles. The highest BCUT2D eigenvalue weighted by Crippen LogP contribution is 2.19. The summed E-state index contributed by atoms with van der Waals surface area (Å²) in [7, 11) is 0. The van der Waals surface area contributed by atoms with Gasteiger partial charge in [-0.05, 0) is 67.4 Å². The average molecular weight is 393 g/mol. The number of aliphatic imine (C=N–C) groups is 1. The number of carbonyl (C=O) groups is 1. The second-order valence-corrected chi connectivity index (χ2v) is 6.86. The summed E-state index contributed by atoms with van der Waals surface area (Å²) in [5.41, 5.74) is 4.36. The molecule has 0 aliphatic carbocycles. The third-order valence-corrected chi connectivity index (χ3v) is 4.36. The monoisotopic (exact) mass is 392 g/mol. The minimum atomic E-state index is -0.226. The number of guanidine groups is 1. The SMILES string of the molecule is Cc1cccc(C(=O)NC(=NCc2ccncc2)Nc2ccc(Cl)cc2C)c1. The van der Waals surface area contributed by atoms with Gasteiger partial charge in [-0.25, -0.2) is 4.99 Å². The van der Waals surface area contributed by atoms with E-state index in [0.29, 0.717) is 23.1 Å². The number of amides is 1. The van der Waals surface area contributed by atoms with Crippen molar-refractivity contribution in [3.8, 4) is 0 Å². The summed E-state index contributed by atoms with van der Waals surface area (Å²) in [5.74, 6) is 0.144. The lowest BCUT2D eigenvalue weighted by Gasteiger charge is -2.14. The Bertz CT molecular complexity index is 1000. The van der Waals surface area contributed by atoms with Crippen molar-refractivity contribution in [3.05, 3.63) is 94.3 Å². The molecule has 2 aromatic carbocycles. The van der Waals surface area contributed by atoms with Gasteiger partial charge in [0.25, 0.3) is 5.91 Å². The van der Waals surface area contributed by atoms with Crippen molar-refractivity contribution in [3.63, 3.8) is 0 Å². The molecule has 0 aliphatic rings. The fraction of sp³-hybridized carbons (Fsp3) is 0.136. The van der Waals surface area contributed by atoms with E-state index in [1.807, 2.05) is 56.3 Å². The van der Waals surface area contributed by atoms with Crippen LogP contribution in [0.3, 0.4) is 0 Å². The average Bonchev–Trinajstić information content (AvgIpc) is 2.69. The Kier molecular flexibility index (Phi) is 6.40. The molecule has 0 saturated heterocycles. The van der Waals surface area contributed by atoms with Gasteiger partial charge in [0.05, 0.1) is 6.54 Å². The molecule has 2 N–H and O–H groups in total. The van der Waals surface area contributed by atoms with Gasteiger partial charge < -0.3 is 5.32 Å². The second kappa shape index (κ2) is 9.15. The largest absolute Gasteiger partial charge is 0.326 e. The molecular weight excluding hydrogens is 372 g/mol. The Balaban J connectivity index is 1.84. The Labute approximate surface area is 169 Å². The molecule has 0 fully saturated rings. The maximum absolute atomic E-state index is 12.7. The molecule has 0 saturated carbocycles. The summed E-state index contributed by atoms with van der Waals surface area (Å²) in [6.07, 6.45) is 3.43. The van der Waals surface area contributed by atoms with Gasteiger partial charge in [0.15, 0.2) is 0 Å². The molecule has 0 spiro atoms. The summed E-state index contributed by atoms with van der Waals surface area (Å²) < 4.78 is 0. The highest BCUT2D eigenvalue weighted by Gasteiger charge is 2.11. The summed E-state index contributed by atoms with van der Waals surface area (Å²) in [6, 6.07) is 16.7. The number of nitrogens with one attached hydrogen (secondary N) is 2. The first-order chi connectivity index (χ1) is 13.5. The molecule has 6 heteroatoms. The summed E-state index contributed by atoms with van der Waals surface area (Å²) >= 11 is 6.04. The number of carbonyl (C=O) groups excluding carboxylic acids is 1. The van der Waals surface area contributed by atoms with Crippen LogP contribution in [0.1, 0.15) is 27.0 Å². The normalized spacial score (nSPS) is 11.2. The van der Waals surface area contributed by atoms with E-state index in [-0.39, 0.29) is 5.91 Å². The third kappa shape index (κ3) is 5.41. The molecule has 0 atom stereocenters. The first-order valence-corrected chi connectivity index (χ1v) is 9.23. The van der Waals surface area contributed by atoms with Gasteiger partial charge >= 0.3 is 0 Å². The Morgan fingerprint density at radius 1 is 1.07 bits per heavy atom. The number of halogens is 1. The van der Waals surface area contributed by atoms with Crippen LogP contribution in [0.4, 0.5) is 5.69 Å². The Morgan fingerprint density at radius 2 is 1.86 bits per heavy atom. The molecular formula is C22H21ClN4O. The topological polar surface area (TPSA) is 66.4 Å². The van der Waals surface area contributed by atoms with Crippen LogP contribution in [0.15, 0.2) is 72.0 Å². The molecule has 28 heavy (non-hydrogen) atoms. The highest BCUT2D eigenvalue weighted by molar-refractivity contribution is 6.30. The van der Waals surface area contributed by atoms with Gasteiger partial charge in [0.2, 0.25) is 5.96 Å². The van der Waals surface area contributed by atoms with Crippen LogP contribution in [-0.2, 0) is 6.54 Å². The fourth-order valence-corrected chi connectivity index (χ4v) is 2.86. The van der Waals surface area contributed by atoms with Crippen LogP contribution in [0.25, 0.3) is 0 Å². The Morgan fingerprint density at radius 3 is 2.57 bits per heavy atom. The molecule has 3 rings (SSSR count). The van der Waals surface area contributed by atoms with E-state index in [4.69, 9.17) is 11.6 Å². The van der Waals surface area contributed by atoms with Crippen LogP contribution >= 0.6 is 11.6 Å². The van der Waals surface area contributed by atoms with Crippen molar-refractivity contribution >= 4 is 29.2 Å². The molecule has 5 nitrogen and oxygen atoms in total. The van der Waals surface area contributed by atoms with Crippen molar-refractivity contribution in [2.24, 2.45) is 4.99 Å². The van der Waals surface area contributed by atoms with E-state index in [1.54, 1.807) is 24.5 Å². The Hall–Kier alpha value is -3.18. The standard InChI is InChI=1S/C22H21ClN4O/c1-15-4-3-5-18(12-15)21(28)27-22(25-14-17-8-10-24-11-9-17)26-20-7-6-19(23)13-16(20)2/h3-13H,14H2,1-2H3,(H2,25,26,27,28).